The molecule has 1 saturated heterocycles. The molecular formula is C22H30FIN4O. The molecule has 3 N–H and O–H groups in total. The van der Waals surface area contributed by atoms with Crippen molar-refractivity contribution >= 4 is 29.9 Å². The summed E-state index contributed by atoms with van der Waals surface area (Å²) in [5.41, 5.74) is 3.05. The lowest BCUT2D eigenvalue weighted by Crippen LogP contribution is -2.36. The van der Waals surface area contributed by atoms with Crippen molar-refractivity contribution in [2.75, 3.05) is 20.1 Å². The Bertz CT molecular complexity index is 777. The Labute approximate surface area is 189 Å². The molecule has 2 aromatic carbocycles. The third-order valence-corrected chi connectivity index (χ3v) is 5.07. The van der Waals surface area contributed by atoms with Gasteiger partial charge in [-0.15, -0.1) is 24.0 Å². The van der Waals surface area contributed by atoms with Gasteiger partial charge in [0, 0.05) is 45.3 Å². The number of rotatable bonds is 6. The maximum atomic E-state index is 13.7. The van der Waals surface area contributed by atoms with Crippen LogP contribution in [-0.4, -0.2) is 42.2 Å². The normalized spacial score (nSPS) is 15.6. The van der Waals surface area contributed by atoms with Crippen molar-refractivity contribution in [3.05, 3.63) is 71.0 Å². The van der Waals surface area contributed by atoms with E-state index in [-0.39, 0.29) is 35.9 Å². The van der Waals surface area contributed by atoms with E-state index in [0.29, 0.717) is 24.6 Å². The molecule has 1 fully saturated rings. The topological polar surface area (TPSA) is 59.9 Å². The number of nitrogens with one attached hydrogen (secondary N) is 2. The molecule has 0 aliphatic carbocycles. The van der Waals surface area contributed by atoms with E-state index in [2.05, 4.69) is 44.8 Å². The Balaban J connectivity index is 0.00000300. The van der Waals surface area contributed by atoms with Gasteiger partial charge in [0.25, 0.3) is 0 Å². The summed E-state index contributed by atoms with van der Waals surface area (Å²) in [5, 5.41) is 16.0. The van der Waals surface area contributed by atoms with Gasteiger partial charge in [-0.1, -0.05) is 42.5 Å². The fourth-order valence-corrected chi connectivity index (χ4v) is 3.33. The number of likely N-dealkylation sites (tertiary alicyclic amines) is 1. The predicted molar refractivity (Wildman–Crippen MR) is 126 cm³/mol. The lowest BCUT2D eigenvalue weighted by atomic mass is 10.1. The molecule has 158 valence electrons. The van der Waals surface area contributed by atoms with E-state index in [1.807, 2.05) is 6.07 Å². The fraction of sp³-hybridized carbons (Fsp3) is 0.409. The minimum Gasteiger partial charge on any atom is -0.393 e. The lowest BCUT2D eigenvalue weighted by molar-refractivity contribution is 0.0792. The van der Waals surface area contributed by atoms with Gasteiger partial charge < -0.3 is 15.7 Å². The van der Waals surface area contributed by atoms with Crippen LogP contribution >= 0.6 is 24.0 Å². The number of benzene rings is 2. The van der Waals surface area contributed by atoms with Gasteiger partial charge in [-0.3, -0.25) is 9.89 Å². The molecule has 0 atom stereocenters. The number of nitrogens with zero attached hydrogens (tertiary/aromatic N) is 2. The van der Waals surface area contributed by atoms with Gasteiger partial charge in [0.05, 0.1) is 6.10 Å². The molecule has 0 unspecified atom stereocenters. The van der Waals surface area contributed by atoms with E-state index in [4.69, 9.17) is 0 Å². The maximum absolute atomic E-state index is 13.7. The molecule has 0 aromatic heterocycles. The van der Waals surface area contributed by atoms with E-state index in [1.165, 1.54) is 11.6 Å². The average Bonchev–Trinajstić information content (AvgIpc) is 2.72. The number of aliphatic imine (C=N–C) groups is 1. The van der Waals surface area contributed by atoms with Crippen LogP contribution in [0.15, 0.2) is 53.5 Å². The van der Waals surface area contributed by atoms with Gasteiger partial charge in [0.1, 0.15) is 5.82 Å². The van der Waals surface area contributed by atoms with Crippen molar-refractivity contribution in [1.82, 2.24) is 15.5 Å². The van der Waals surface area contributed by atoms with Crippen LogP contribution in [0.2, 0.25) is 0 Å². The van der Waals surface area contributed by atoms with E-state index in [0.717, 1.165) is 38.0 Å². The van der Waals surface area contributed by atoms with Crippen LogP contribution in [0, 0.1) is 5.82 Å². The first-order valence-electron chi connectivity index (χ1n) is 9.80. The minimum atomic E-state index is -0.218. The van der Waals surface area contributed by atoms with Crippen LogP contribution < -0.4 is 10.6 Å². The SMILES string of the molecule is CN=C(NCc1ccc(CN2CCC(O)CC2)cc1)NCc1ccccc1F.I. The highest BCUT2D eigenvalue weighted by Crippen LogP contribution is 2.14. The zero-order valence-corrected chi connectivity index (χ0v) is 19.1. The number of hydrogen-bond acceptors (Lipinski definition) is 3. The number of guanidine groups is 1. The number of aliphatic hydroxyl groups is 1. The van der Waals surface area contributed by atoms with Crippen LogP contribution in [0.25, 0.3) is 0 Å². The quantitative estimate of drug-likeness (QED) is 0.316. The third kappa shape index (κ3) is 7.56. The molecule has 0 saturated carbocycles. The Morgan fingerprint density at radius 2 is 1.66 bits per heavy atom. The number of halogens is 2. The number of aliphatic hydroxyl groups excluding tert-OH is 1. The highest BCUT2D eigenvalue weighted by atomic mass is 127. The van der Waals surface area contributed by atoms with Gasteiger partial charge in [-0.25, -0.2) is 4.39 Å². The Hall–Kier alpha value is -1.71. The Morgan fingerprint density at radius 1 is 1.03 bits per heavy atom. The molecule has 0 amide bonds. The molecule has 29 heavy (non-hydrogen) atoms. The second-order valence-corrected chi connectivity index (χ2v) is 7.19. The summed E-state index contributed by atoms with van der Waals surface area (Å²) in [6.45, 7) is 3.86. The maximum Gasteiger partial charge on any atom is 0.191 e. The molecule has 3 rings (SSSR count). The van der Waals surface area contributed by atoms with Crippen molar-refractivity contribution in [3.63, 3.8) is 0 Å². The summed E-state index contributed by atoms with van der Waals surface area (Å²) in [6, 6.07) is 15.3. The van der Waals surface area contributed by atoms with Crippen molar-refractivity contribution in [3.8, 4) is 0 Å². The van der Waals surface area contributed by atoms with Crippen molar-refractivity contribution in [2.24, 2.45) is 4.99 Å². The first kappa shape index (κ1) is 23.6. The molecule has 0 bridgehead atoms. The van der Waals surface area contributed by atoms with Crippen LogP contribution in [0.3, 0.4) is 0 Å². The van der Waals surface area contributed by atoms with Crippen LogP contribution in [0.5, 0.6) is 0 Å². The van der Waals surface area contributed by atoms with Gasteiger partial charge in [-0.2, -0.15) is 0 Å². The third-order valence-electron chi connectivity index (χ3n) is 5.07. The van der Waals surface area contributed by atoms with E-state index < -0.39 is 0 Å². The van der Waals surface area contributed by atoms with Gasteiger partial charge in [0.15, 0.2) is 5.96 Å². The molecule has 1 aliphatic heterocycles. The number of piperidine rings is 1. The zero-order chi connectivity index (χ0) is 19.8. The smallest absolute Gasteiger partial charge is 0.191 e. The summed E-state index contributed by atoms with van der Waals surface area (Å²) in [4.78, 5) is 6.58. The Kier molecular flexibility index (Phi) is 9.83. The van der Waals surface area contributed by atoms with Gasteiger partial charge in [-0.05, 0) is 30.0 Å². The van der Waals surface area contributed by atoms with Crippen molar-refractivity contribution < 1.29 is 9.50 Å². The van der Waals surface area contributed by atoms with Crippen molar-refractivity contribution in [1.29, 1.82) is 0 Å². The Morgan fingerprint density at radius 3 is 2.31 bits per heavy atom. The monoisotopic (exact) mass is 512 g/mol. The highest BCUT2D eigenvalue weighted by molar-refractivity contribution is 14.0. The molecule has 2 aromatic rings. The van der Waals surface area contributed by atoms with E-state index in [9.17, 15) is 9.50 Å². The molecule has 0 spiro atoms. The summed E-state index contributed by atoms with van der Waals surface area (Å²) in [5.74, 6) is 0.420. The van der Waals surface area contributed by atoms with Crippen LogP contribution in [-0.2, 0) is 19.6 Å². The summed E-state index contributed by atoms with van der Waals surface area (Å²) >= 11 is 0. The molecule has 5 nitrogen and oxygen atoms in total. The molecule has 1 heterocycles. The number of hydrogen-bond donors (Lipinski definition) is 3. The minimum absolute atomic E-state index is 0. The van der Waals surface area contributed by atoms with Gasteiger partial charge in [0.2, 0.25) is 0 Å². The summed E-state index contributed by atoms with van der Waals surface area (Å²) in [7, 11) is 1.70. The first-order chi connectivity index (χ1) is 13.6. The summed E-state index contributed by atoms with van der Waals surface area (Å²) < 4.78 is 13.7. The zero-order valence-electron chi connectivity index (χ0n) is 16.8. The van der Waals surface area contributed by atoms with Crippen molar-refractivity contribution in [2.45, 2.75) is 38.6 Å². The molecule has 1 aliphatic rings. The van der Waals surface area contributed by atoms with E-state index >= 15 is 0 Å². The fourth-order valence-electron chi connectivity index (χ4n) is 3.33. The average molecular weight is 512 g/mol. The molecule has 0 radical (unpaired) electrons. The van der Waals surface area contributed by atoms with Crippen LogP contribution in [0.1, 0.15) is 29.5 Å². The summed E-state index contributed by atoms with van der Waals surface area (Å²) in [6.07, 6.45) is 1.59. The first-order valence-corrected chi connectivity index (χ1v) is 9.80. The highest BCUT2D eigenvalue weighted by Gasteiger charge is 2.16. The second kappa shape index (κ2) is 12.1. The van der Waals surface area contributed by atoms with Crippen LogP contribution in [0.4, 0.5) is 4.39 Å². The second-order valence-electron chi connectivity index (χ2n) is 7.19. The molecule has 7 heteroatoms. The van der Waals surface area contributed by atoms with Gasteiger partial charge >= 0.3 is 0 Å². The molecular weight excluding hydrogens is 482 g/mol. The lowest BCUT2D eigenvalue weighted by Gasteiger charge is -2.29. The predicted octanol–water partition coefficient (Wildman–Crippen LogP) is 3.27. The van der Waals surface area contributed by atoms with E-state index in [1.54, 1.807) is 19.2 Å². The standard InChI is InChI=1S/C22H29FN4O.HI/c1-24-22(26-15-19-4-2-3-5-21(19)23)25-14-17-6-8-18(9-7-17)16-27-12-10-20(28)11-13-27;/h2-9,20,28H,10-16H2,1H3,(H2,24,25,26);1H. The largest absolute Gasteiger partial charge is 0.393 e.